The van der Waals surface area contributed by atoms with E-state index in [-0.39, 0.29) is 178 Å². The maximum atomic E-state index is 13.6. The van der Waals surface area contributed by atoms with Crippen molar-refractivity contribution in [1.29, 1.82) is 0 Å². The molecule has 5 atom stereocenters. The Kier molecular flexibility index (Phi) is 98.0. The Balaban J connectivity index is 6.73. The Bertz CT molecular complexity index is 3480. The first-order valence-corrected chi connectivity index (χ1v) is 59.2. The molecule has 5 unspecified atom stereocenters. The van der Waals surface area contributed by atoms with E-state index in [4.69, 9.17) is 53.8 Å². The average Bonchev–Trinajstić information content (AvgIpc) is 0.921. The van der Waals surface area contributed by atoms with Crippen LogP contribution in [0.4, 0.5) is 0 Å². The fraction of sp³-hybridized carbons (Fsp3) is 0.802. The second-order valence-corrected chi connectivity index (χ2v) is 41.6. The summed E-state index contributed by atoms with van der Waals surface area (Å²) in [6.07, 6.45) is 55.2. The minimum Gasteiger partial charge on any atom is -0.462 e. The van der Waals surface area contributed by atoms with Crippen molar-refractivity contribution in [2.24, 2.45) is 29.6 Å². The summed E-state index contributed by atoms with van der Waals surface area (Å²) in [5.41, 5.74) is 0. The molecule has 0 radical (unpaired) electrons. The summed E-state index contributed by atoms with van der Waals surface area (Å²) in [4.78, 5) is 138. The molecule has 0 aliphatic heterocycles. The summed E-state index contributed by atoms with van der Waals surface area (Å²) in [7, 11) is 0. The normalized spacial score (nSPS) is 12.0. The highest BCUT2D eigenvalue weighted by Crippen LogP contribution is 2.22. The molecule has 0 fully saturated rings. The van der Waals surface area contributed by atoms with Gasteiger partial charge >= 0.3 is 59.7 Å². The minimum absolute atomic E-state index is 0.0235. The molecule has 0 spiro atoms. The number of terminal acetylenes is 1. The lowest BCUT2D eigenvalue weighted by Gasteiger charge is -2.30. The first-order valence-electron chi connectivity index (χ1n) is 53.6. The molecule has 0 heterocycles. The highest BCUT2D eigenvalue weighted by atomic mass is 32.2. The Morgan fingerprint density at radius 3 is 0.700 bits per heavy atom. The van der Waals surface area contributed by atoms with Gasteiger partial charge in [0.2, 0.25) is 0 Å². The topological polar surface area (TPSA) is 285 Å². The van der Waals surface area contributed by atoms with Crippen LogP contribution in [0.3, 0.4) is 0 Å². The predicted octanol–water partition coefficient (Wildman–Crippen LogP) is 21.0. The molecule has 0 aliphatic carbocycles. The lowest BCUT2D eigenvalue weighted by atomic mass is 10.1. The molecule has 0 saturated heterocycles. The van der Waals surface area contributed by atoms with Crippen molar-refractivity contribution in [2.75, 3.05) is 190 Å². The summed E-state index contributed by atoms with van der Waals surface area (Å²) in [6, 6.07) is 0. The number of ether oxygens (including phenoxy) is 10. The monoisotopic (exact) mass is 2050 g/mol. The minimum atomic E-state index is -0.580. The van der Waals surface area contributed by atoms with Gasteiger partial charge in [-0.25, -0.2) is 0 Å². The molecular weight excluding hydrogens is 1870 g/mol. The molecule has 29 heteroatoms. The van der Waals surface area contributed by atoms with E-state index in [1.165, 1.54) is 243 Å². The van der Waals surface area contributed by atoms with Crippen molar-refractivity contribution in [3.63, 3.8) is 0 Å². The maximum Gasteiger partial charge on any atom is 0.309 e. The average molecular weight is 2060 g/mol. The van der Waals surface area contributed by atoms with Gasteiger partial charge in [0.15, 0.2) is 0 Å². The number of carbonyl (C=O) groups is 10. The van der Waals surface area contributed by atoms with E-state index in [0.717, 1.165) is 48.7 Å². The van der Waals surface area contributed by atoms with Gasteiger partial charge in [0, 0.05) is 101 Å². The number of esters is 10. The highest BCUT2D eigenvalue weighted by molar-refractivity contribution is 8.03. The van der Waals surface area contributed by atoms with Crippen LogP contribution >= 0.6 is 58.8 Å². The van der Waals surface area contributed by atoms with Gasteiger partial charge in [0.25, 0.3) is 0 Å². The smallest absolute Gasteiger partial charge is 0.309 e. The van der Waals surface area contributed by atoms with E-state index in [2.05, 4.69) is 102 Å². The fourth-order valence-electron chi connectivity index (χ4n) is 14.3. The number of hydrogen-bond acceptors (Lipinski definition) is 29. The van der Waals surface area contributed by atoms with Gasteiger partial charge in [-0.1, -0.05) is 305 Å². The van der Waals surface area contributed by atoms with Crippen molar-refractivity contribution in [1.82, 2.24) is 20.0 Å². The van der Waals surface area contributed by atoms with Crippen molar-refractivity contribution in [2.45, 2.75) is 351 Å². The van der Waals surface area contributed by atoms with E-state index >= 15 is 0 Å². The number of unbranched alkanes of at least 4 members (excludes halogenated alkanes) is 36. The van der Waals surface area contributed by atoms with E-state index in [1.807, 2.05) is 37.5 Å². The molecule has 0 aromatic rings. The first kappa shape index (κ1) is 134. The molecule has 1 N–H and O–H groups in total. The highest BCUT2D eigenvalue weighted by Gasteiger charge is 2.24. The van der Waals surface area contributed by atoms with Crippen molar-refractivity contribution >= 4 is 119 Å². The number of thioether (sulfide) groups is 5. The van der Waals surface area contributed by atoms with E-state index < -0.39 is 41.7 Å². The van der Waals surface area contributed by atoms with Crippen LogP contribution in [-0.4, -0.2) is 264 Å². The Hall–Kier alpha value is -6.35. The quantitative estimate of drug-likeness (QED) is 0.0256. The Morgan fingerprint density at radius 2 is 0.450 bits per heavy atom. The lowest BCUT2D eigenvalue weighted by Crippen LogP contribution is -2.44. The SMILES string of the molecule is C#CC#CC#CC#CC#CC#CSCC(C)C(=O)OCCOC(=O)CCN(CCC(=O)OCCOC(=O)C(C)CSCCCCCCCCCCCC)CCN(CCNCCC(=O)OCCOC(=O)C(C)CSCCCCCCCCCCCC)CCN(CCC(=O)OCCOC(=O)C(C)CSCCCCCCCCCCCC)CCC(=O)OCCOC(=O)C(C)CSCCCCCCCCCCCC. The standard InChI is InChI=1S/C111H184N4O20S5/c1-11-16-21-26-31-36-41-46-51-56-87-136-92-97(6)107(121)131-82-77-126-102(116)61-66-112-67-72-115(75-73-113(68-62-103(117)127-78-83-132-108(122)98(7)93-137-88-57-52-47-42-37-32-27-22-17-12-2)69-63-104(118)128-79-84-133-109(123)99(8)94-138-89-58-53-48-43-38-33-28-23-18-13-3)76-74-114(70-64-105(119)129-80-85-134-110(124)100(9)95-139-90-59-54-49-44-39-34-29-24-19-14-4)71-65-106(120)130-81-86-135-111(125)101(10)96-140-91-60-55-50-45-40-35-30-25-20-15-5/h2,97-101,112H,11,13-16,18-21,23-26,28-31,33-36,38-41,43-46,48-51,53-56,58-87,89-96H2,1,3-10H3. The van der Waals surface area contributed by atoms with Crippen LogP contribution in [0.25, 0.3) is 0 Å². The van der Waals surface area contributed by atoms with Crippen LogP contribution in [-0.2, 0) is 95.3 Å². The summed E-state index contributed by atoms with van der Waals surface area (Å²) in [6.45, 7) is 19.7. The second-order valence-electron chi connectivity index (χ2n) is 36.2. The molecule has 0 aromatic heterocycles. The largest absolute Gasteiger partial charge is 0.462 e. The van der Waals surface area contributed by atoms with Gasteiger partial charge in [0.05, 0.1) is 61.7 Å². The van der Waals surface area contributed by atoms with Gasteiger partial charge in [0.1, 0.15) is 66.1 Å². The number of nitrogens with zero attached hydrogens (tertiary/aromatic N) is 3. The number of rotatable bonds is 98. The molecule has 24 nitrogen and oxygen atoms in total. The molecule has 0 saturated carbocycles. The zero-order valence-corrected chi connectivity index (χ0v) is 92.1. The van der Waals surface area contributed by atoms with Crippen molar-refractivity contribution in [3.8, 4) is 70.9 Å². The Morgan fingerprint density at radius 1 is 0.243 bits per heavy atom. The number of nitrogens with one attached hydrogen (secondary N) is 1. The Labute approximate surface area is 869 Å². The van der Waals surface area contributed by atoms with Crippen molar-refractivity contribution in [3.05, 3.63) is 0 Å². The lowest BCUT2D eigenvalue weighted by molar-refractivity contribution is -0.154. The maximum absolute atomic E-state index is 13.6. The van der Waals surface area contributed by atoms with E-state index in [9.17, 15) is 47.9 Å². The van der Waals surface area contributed by atoms with Gasteiger partial charge in [-0.05, 0) is 113 Å². The molecule has 0 aromatic carbocycles. The van der Waals surface area contributed by atoms with Crippen LogP contribution in [0.5, 0.6) is 0 Å². The van der Waals surface area contributed by atoms with Crippen LogP contribution in [0.1, 0.15) is 351 Å². The zero-order chi connectivity index (χ0) is 103. The van der Waals surface area contributed by atoms with Crippen LogP contribution in [0, 0.1) is 100 Å². The predicted molar refractivity (Wildman–Crippen MR) is 578 cm³/mol. The van der Waals surface area contributed by atoms with E-state index in [0.29, 0.717) is 68.0 Å². The summed E-state index contributed by atoms with van der Waals surface area (Å²) < 4.78 is 55.4. The van der Waals surface area contributed by atoms with Gasteiger partial charge < -0.3 is 62.5 Å². The molecule has 0 aliphatic rings. The van der Waals surface area contributed by atoms with Crippen LogP contribution in [0.2, 0.25) is 0 Å². The van der Waals surface area contributed by atoms with Crippen LogP contribution in [0.15, 0.2) is 0 Å². The molecule has 140 heavy (non-hydrogen) atoms. The number of carbonyl (C=O) groups excluding carboxylic acids is 10. The molecule has 798 valence electrons. The van der Waals surface area contributed by atoms with Gasteiger partial charge in [-0.3, -0.25) is 52.8 Å². The summed E-state index contributed by atoms with van der Waals surface area (Å²) >= 11 is 8.18. The van der Waals surface area contributed by atoms with Crippen LogP contribution < -0.4 is 5.32 Å². The third-order valence-electron chi connectivity index (χ3n) is 23.1. The number of hydrogen-bond donors (Lipinski definition) is 1. The summed E-state index contributed by atoms with van der Waals surface area (Å²) in [5, 5.41) is 6.16. The van der Waals surface area contributed by atoms with Gasteiger partial charge in [-0.15, -0.1) is 6.42 Å². The van der Waals surface area contributed by atoms with Gasteiger partial charge in [-0.2, -0.15) is 47.0 Å². The molecule has 0 amide bonds. The third kappa shape index (κ3) is 91.6. The molecule has 0 rings (SSSR count). The fourth-order valence-corrected chi connectivity index (χ4v) is 19.2. The first-order chi connectivity index (χ1) is 68.2. The van der Waals surface area contributed by atoms with Crippen molar-refractivity contribution < 1.29 is 95.3 Å². The third-order valence-corrected chi connectivity index (χ3v) is 29.3. The zero-order valence-electron chi connectivity index (χ0n) is 88.0. The second kappa shape index (κ2) is 103. The molecule has 0 bridgehead atoms. The summed E-state index contributed by atoms with van der Waals surface area (Å²) in [5.74, 6) is 25.1. The molecular formula is C111H184N4O20S5. The van der Waals surface area contributed by atoms with E-state index in [1.54, 1.807) is 54.0 Å².